The van der Waals surface area contributed by atoms with E-state index in [9.17, 15) is 14.3 Å². The highest BCUT2D eigenvalue weighted by Gasteiger charge is 2.22. The molecule has 1 N–H and O–H groups in total. The van der Waals surface area contributed by atoms with Gasteiger partial charge in [0.05, 0.1) is 16.8 Å². The van der Waals surface area contributed by atoms with E-state index in [1.165, 1.54) is 29.8 Å². The summed E-state index contributed by atoms with van der Waals surface area (Å²) in [5.41, 5.74) is 2.65. The maximum absolute atomic E-state index is 13.2. The molecule has 1 aromatic carbocycles. The molecule has 0 saturated heterocycles. The standard InChI is InChI=1S/C23H23BrFN3O4/c24-23-19-6-8-28(11-16(19)1-4-21(23)31-13-18-10-26-14-32-18)12-17(29)2-3-20(30)15-5-7-27-22(25)9-15/h1,4-5,7,9-10,14,17,29H,2-3,6,8,11-13H2/t17-/m0/s1. The number of fused-ring (bicyclic) bond motifs is 1. The average Bonchev–Trinajstić information content (AvgIpc) is 3.31. The Bertz CT molecular complexity index is 1080. The number of carbonyl (C=O) groups excluding carboxylic acids is 1. The van der Waals surface area contributed by atoms with Gasteiger partial charge in [-0.25, -0.2) is 9.97 Å². The van der Waals surface area contributed by atoms with Crippen molar-refractivity contribution in [2.75, 3.05) is 13.1 Å². The summed E-state index contributed by atoms with van der Waals surface area (Å²) >= 11 is 3.66. The van der Waals surface area contributed by atoms with E-state index >= 15 is 0 Å². The van der Waals surface area contributed by atoms with E-state index in [1.807, 2.05) is 12.1 Å². The van der Waals surface area contributed by atoms with Crippen LogP contribution in [0.2, 0.25) is 0 Å². The number of benzene rings is 1. The molecule has 32 heavy (non-hydrogen) atoms. The highest BCUT2D eigenvalue weighted by molar-refractivity contribution is 9.10. The minimum Gasteiger partial charge on any atom is -0.484 e. The first-order valence-electron chi connectivity index (χ1n) is 10.3. The van der Waals surface area contributed by atoms with Crippen LogP contribution in [0.4, 0.5) is 4.39 Å². The predicted octanol–water partition coefficient (Wildman–Crippen LogP) is 3.93. The Morgan fingerprint density at radius 1 is 1.38 bits per heavy atom. The van der Waals surface area contributed by atoms with Crippen molar-refractivity contribution < 1.29 is 23.4 Å². The minimum atomic E-state index is -0.680. The van der Waals surface area contributed by atoms with Crippen LogP contribution in [0.3, 0.4) is 0 Å². The van der Waals surface area contributed by atoms with Crippen LogP contribution in [0.25, 0.3) is 0 Å². The number of ketones is 1. The van der Waals surface area contributed by atoms with Crippen molar-refractivity contribution in [1.29, 1.82) is 0 Å². The number of aliphatic hydroxyl groups is 1. The molecule has 3 aromatic rings. The van der Waals surface area contributed by atoms with Crippen LogP contribution in [0, 0.1) is 5.95 Å². The molecule has 0 spiro atoms. The Kier molecular flexibility index (Phi) is 7.29. The summed E-state index contributed by atoms with van der Waals surface area (Å²) in [4.78, 5) is 21.7. The highest BCUT2D eigenvalue weighted by atomic mass is 79.9. The van der Waals surface area contributed by atoms with Gasteiger partial charge in [-0.15, -0.1) is 0 Å². The zero-order valence-corrected chi connectivity index (χ0v) is 18.9. The van der Waals surface area contributed by atoms with Gasteiger partial charge in [-0.05, 0) is 52.0 Å². The number of aromatic nitrogens is 2. The van der Waals surface area contributed by atoms with E-state index in [4.69, 9.17) is 9.15 Å². The highest BCUT2D eigenvalue weighted by Crippen LogP contribution is 2.35. The molecule has 0 bridgehead atoms. The lowest BCUT2D eigenvalue weighted by atomic mass is 9.98. The minimum absolute atomic E-state index is 0.159. The summed E-state index contributed by atoms with van der Waals surface area (Å²) < 4.78 is 25.2. The maximum atomic E-state index is 13.2. The topological polar surface area (TPSA) is 88.7 Å². The fourth-order valence-corrected chi connectivity index (χ4v) is 4.48. The molecule has 3 heterocycles. The van der Waals surface area contributed by atoms with Crippen LogP contribution in [-0.2, 0) is 19.6 Å². The first-order chi connectivity index (χ1) is 15.5. The number of halogens is 2. The third-order valence-electron chi connectivity index (χ3n) is 5.45. The van der Waals surface area contributed by atoms with Gasteiger partial charge < -0.3 is 14.3 Å². The summed E-state index contributed by atoms with van der Waals surface area (Å²) in [5, 5.41) is 10.4. The van der Waals surface area contributed by atoms with Gasteiger partial charge in [0, 0.05) is 43.9 Å². The number of β-amino-alcohol motifs (C(OH)–C–C–N with tert-alkyl or cyclic N) is 1. The molecule has 0 unspecified atom stereocenters. The summed E-state index contributed by atoms with van der Waals surface area (Å²) in [6.07, 6.45) is 4.93. The van der Waals surface area contributed by atoms with Crippen LogP contribution in [0.15, 0.2) is 51.9 Å². The summed E-state index contributed by atoms with van der Waals surface area (Å²) in [6, 6.07) is 6.57. The van der Waals surface area contributed by atoms with Gasteiger partial charge in [0.2, 0.25) is 5.95 Å². The van der Waals surface area contributed by atoms with E-state index < -0.39 is 12.1 Å². The zero-order chi connectivity index (χ0) is 22.5. The van der Waals surface area contributed by atoms with Crippen LogP contribution >= 0.6 is 15.9 Å². The van der Waals surface area contributed by atoms with Gasteiger partial charge in [0.25, 0.3) is 0 Å². The molecule has 1 atom stereocenters. The number of aliphatic hydroxyl groups excluding tert-OH is 1. The summed E-state index contributed by atoms with van der Waals surface area (Å²) in [5.74, 6) is 0.527. The Labute approximate surface area is 193 Å². The number of nitrogens with zero attached hydrogens (tertiary/aromatic N) is 3. The number of carbonyl (C=O) groups is 1. The second kappa shape index (κ2) is 10.3. The van der Waals surface area contributed by atoms with E-state index in [0.29, 0.717) is 31.9 Å². The van der Waals surface area contributed by atoms with Crippen molar-refractivity contribution in [1.82, 2.24) is 14.9 Å². The molecule has 1 aliphatic rings. The van der Waals surface area contributed by atoms with Crippen LogP contribution in [-0.4, -0.2) is 45.0 Å². The Morgan fingerprint density at radius 3 is 3.03 bits per heavy atom. The Hall–Kier alpha value is -2.62. The Morgan fingerprint density at radius 2 is 2.25 bits per heavy atom. The maximum Gasteiger partial charge on any atom is 0.213 e. The molecule has 2 aromatic heterocycles. The van der Waals surface area contributed by atoms with Gasteiger partial charge in [-0.2, -0.15) is 4.39 Å². The van der Waals surface area contributed by atoms with E-state index in [0.717, 1.165) is 29.3 Å². The number of hydrogen-bond donors (Lipinski definition) is 1. The van der Waals surface area contributed by atoms with Gasteiger partial charge in [-0.3, -0.25) is 9.69 Å². The van der Waals surface area contributed by atoms with E-state index in [-0.39, 0.29) is 17.8 Å². The molecule has 0 amide bonds. The van der Waals surface area contributed by atoms with E-state index in [2.05, 4.69) is 30.8 Å². The molecule has 0 fully saturated rings. The lowest BCUT2D eigenvalue weighted by molar-refractivity contribution is 0.0836. The largest absolute Gasteiger partial charge is 0.484 e. The monoisotopic (exact) mass is 503 g/mol. The lowest BCUT2D eigenvalue weighted by Gasteiger charge is -2.31. The molecular formula is C23H23BrFN3O4. The predicted molar refractivity (Wildman–Crippen MR) is 118 cm³/mol. The van der Waals surface area contributed by atoms with Crippen molar-refractivity contribution in [2.24, 2.45) is 0 Å². The average molecular weight is 504 g/mol. The van der Waals surface area contributed by atoms with Crippen molar-refractivity contribution in [3.63, 3.8) is 0 Å². The fraction of sp³-hybridized carbons (Fsp3) is 0.348. The SMILES string of the molecule is O=C(CC[C@H](O)CN1CCc2c(ccc(OCc3cnco3)c2Br)C1)c1ccnc(F)c1. The third kappa shape index (κ3) is 5.59. The van der Waals surface area contributed by atoms with Crippen LogP contribution in [0.5, 0.6) is 5.75 Å². The number of Topliss-reactive ketones (excluding diaryl/α,β-unsaturated/α-hetero) is 1. The molecule has 4 rings (SSSR count). The summed E-state index contributed by atoms with van der Waals surface area (Å²) in [7, 11) is 0. The summed E-state index contributed by atoms with van der Waals surface area (Å²) in [6.45, 7) is 2.27. The smallest absolute Gasteiger partial charge is 0.213 e. The third-order valence-corrected chi connectivity index (χ3v) is 6.32. The Balaban J connectivity index is 1.29. The number of oxazole rings is 1. The van der Waals surface area contributed by atoms with Crippen LogP contribution < -0.4 is 4.74 Å². The van der Waals surface area contributed by atoms with Crippen molar-refractivity contribution in [3.8, 4) is 5.75 Å². The van der Waals surface area contributed by atoms with Crippen molar-refractivity contribution >= 4 is 21.7 Å². The fourth-order valence-electron chi connectivity index (χ4n) is 3.78. The molecule has 0 aliphatic carbocycles. The zero-order valence-electron chi connectivity index (χ0n) is 17.3. The van der Waals surface area contributed by atoms with E-state index in [1.54, 1.807) is 6.20 Å². The van der Waals surface area contributed by atoms with Crippen molar-refractivity contribution in [2.45, 2.75) is 38.5 Å². The number of pyridine rings is 1. The molecule has 168 valence electrons. The quantitative estimate of drug-likeness (QED) is 0.349. The molecule has 7 nitrogen and oxygen atoms in total. The molecular weight excluding hydrogens is 481 g/mol. The first-order valence-corrected chi connectivity index (χ1v) is 11.1. The van der Waals surface area contributed by atoms with Crippen LogP contribution in [0.1, 0.15) is 40.1 Å². The number of hydrogen-bond acceptors (Lipinski definition) is 7. The molecule has 0 saturated carbocycles. The van der Waals surface area contributed by atoms with Gasteiger partial charge >= 0.3 is 0 Å². The lowest BCUT2D eigenvalue weighted by Crippen LogP contribution is -2.37. The molecule has 1 aliphatic heterocycles. The van der Waals surface area contributed by atoms with Gasteiger partial charge in [-0.1, -0.05) is 6.07 Å². The van der Waals surface area contributed by atoms with Crippen molar-refractivity contribution in [3.05, 3.63) is 75.9 Å². The van der Waals surface area contributed by atoms with Gasteiger partial charge in [0.15, 0.2) is 17.9 Å². The second-order valence-electron chi connectivity index (χ2n) is 7.74. The molecule has 9 heteroatoms. The van der Waals surface area contributed by atoms with Gasteiger partial charge in [0.1, 0.15) is 12.4 Å². The number of ether oxygens (including phenoxy) is 1. The normalized spacial score (nSPS) is 14.7. The number of rotatable bonds is 9. The first kappa shape index (κ1) is 22.6. The second-order valence-corrected chi connectivity index (χ2v) is 8.53. The molecule has 0 radical (unpaired) electrons.